The highest BCUT2D eigenvalue weighted by molar-refractivity contribution is 5.51. The molecule has 1 heterocycles. The lowest BCUT2D eigenvalue weighted by Gasteiger charge is -2.42. The van der Waals surface area contributed by atoms with Crippen molar-refractivity contribution in [3.05, 3.63) is 29.8 Å². The molecule has 0 unspecified atom stereocenters. The molecule has 0 radical (unpaired) electrons. The third kappa shape index (κ3) is 1.63. The van der Waals surface area contributed by atoms with E-state index in [-0.39, 0.29) is 0 Å². The summed E-state index contributed by atoms with van der Waals surface area (Å²) < 4.78 is 0. The van der Waals surface area contributed by atoms with Gasteiger partial charge in [-0.1, -0.05) is 12.1 Å². The first-order valence-electron chi connectivity index (χ1n) is 5.85. The second-order valence-corrected chi connectivity index (χ2v) is 5.06. The summed E-state index contributed by atoms with van der Waals surface area (Å²) in [4.78, 5) is 2.49. The third-order valence-corrected chi connectivity index (χ3v) is 3.74. The smallest absolute Gasteiger partial charge is 0.0366 e. The Balaban J connectivity index is 1.66. The molecule has 2 aliphatic rings. The first-order valence-corrected chi connectivity index (χ1v) is 5.85. The van der Waals surface area contributed by atoms with Crippen molar-refractivity contribution in [3.63, 3.8) is 0 Å². The molecule has 1 aliphatic heterocycles. The number of hydrogen-bond acceptors (Lipinski definition) is 2. The van der Waals surface area contributed by atoms with E-state index in [1.165, 1.54) is 37.2 Å². The van der Waals surface area contributed by atoms with E-state index in [2.05, 4.69) is 29.2 Å². The van der Waals surface area contributed by atoms with Crippen LogP contribution in [0.3, 0.4) is 0 Å². The second kappa shape index (κ2) is 3.24. The van der Waals surface area contributed by atoms with Crippen molar-refractivity contribution >= 4 is 5.69 Å². The van der Waals surface area contributed by atoms with Gasteiger partial charge in [-0.2, -0.15) is 0 Å². The van der Waals surface area contributed by atoms with Gasteiger partial charge in [-0.15, -0.1) is 0 Å². The highest BCUT2D eigenvalue weighted by Gasteiger charge is 2.52. The Labute approximate surface area is 91.1 Å². The number of rotatable bonds is 3. The van der Waals surface area contributed by atoms with Gasteiger partial charge in [-0.05, 0) is 43.5 Å². The Morgan fingerprint density at radius 1 is 1.13 bits per heavy atom. The van der Waals surface area contributed by atoms with Crippen molar-refractivity contribution in [2.24, 2.45) is 11.1 Å². The molecule has 0 amide bonds. The molecule has 2 fully saturated rings. The molecule has 2 heteroatoms. The van der Waals surface area contributed by atoms with Gasteiger partial charge < -0.3 is 10.6 Å². The van der Waals surface area contributed by atoms with Gasteiger partial charge in [0.1, 0.15) is 0 Å². The average Bonchev–Trinajstić information content (AvgIpc) is 2.97. The third-order valence-electron chi connectivity index (χ3n) is 3.74. The molecule has 3 rings (SSSR count). The van der Waals surface area contributed by atoms with E-state index in [1.54, 1.807) is 0 Å². The Bertz CT molecular complexity index is 343. The predicted octanol–water partition coefficient (Wildman–Crippen LogP) is 1.79. The Kier molecular flexibility index (Phi) is 1.99. The van der Waals surface area contributed by atoms with E-state index in [0.717, 1.165) is 18.4 Å². The summed E-state index contributed by atoms with van der Waals surface area (Å²) in [6, 6.07) is 8.89. The van der Waals surface area contributed by atoms with Crippen LogP contribution in [0, 0.1) is 5.41 Å². The number of nitrogens with zero attached hydrogens (tertiary/aromatic N) is 1. The lowest BCUT2D eigenvalue weighted by molar-refractivity contribution is 0.387. The normalized spacial score (nSPS) is 21.5. The molecular formula is C13H18N2. The van der Waals surface area contributed by atoms with Crippen molar-refractivity contribution in [1.29, 1.82) is 0 Å². The van der Waals surface area contributed by atoms with E-state index in [0.29, 0.717) is 0 Å². The summed E-state index contributed by atoms with van der Waals surface area (Å²) in [5.74, 6) is 0. The van der Waals surface area contributed by atoms with Crippen LogP contribution in [0.1, 0.15) is 18.4 Å². The quantitative estimate of drug-likeness (QED) is 0.809. The summed E-state index contributed by atoms with van der Waals surface area (Å²) in [5, 5.41) is 0. The topological polar surface area (TPSA) is 29.3 Å². The highest BCUT2D eigenvalue weighted by Crippen LogP contribution is 2.53. The van der Waals surface area contributed by atoms with Crippen LogP contribution in [0.4, 0.5) is 5.69 Å². The SMILES string of the molecule is NCCc1ccc(N2CC3(CC3)C2)cc1. The molecule has 1 aliphatic carbocycles. The minimum Gasteiger partial charge on any atom is -0.370 e. The van der Waals surface area contributed by atoms with Crippen LogP contribution in [0.2, 0.25) is 0 Å². The largest absolute Gasteiger partial charge is 0.370 e. The van der Waals surface area contributed by atoms with Crippen LogP contribution in [0.25, 0.3) is 0 Å². The minimum atomic E-state index is 0.742. The van der Waals surface area contributed by atoms with Crippen LogP contribution in [0.15, 0.2) is 24.3 Å². The maximum absolute atomic E-state index is 5.53. The van der Waals surface area contributed by atoms with E-state index < -0.39 is 0 Å². The van der Waals surface area contributed by atoms with Gasteiger partial charge in [-0.25, -0.2) is 0 Å². The molecule has 15 heavy (non-hydrogen) atoms. The molecule has 0 bridgehead atoms. The molecule has 1 aromatic carbocycles. The van der Waals surface area contributed by atoms with Crippen molar-refractivity contribution in [2.45, 2.75) is 19.3 Å². The monoisotopic (exact) mass is 202 g/mol. The highest BCUT2D eigenvalue weighted by atomic mass is 15.2. The molecule has 2 N–H and O–H groups in total. The first kappa shape index (κ1) is 9.22. The molecule has 80 valence electrons. The van der Waals surface area contributed by atoms with Crippen LogP contribution in [0.5, 0.6) is 0 Å². The molecule has 0 aromatic heterocycles. The molecule has 1 spiro atoms. The van der Waals surface area contributed by atoms with E-state index in [1.807, 2.05) is 0 Å². The standard InChI is InChI=1S/C13H18N2/c14-8-5-11-1-3-12(4-2-11)15-9-13(10-15)6-7-13/h1-4H,5-10,14H2. The lowest BCUT2D eigenvalue weighted by Crippen LogP contribution is -2.48. The van der Waals surface area contributed by atoms with Gasteiger partial charge >= 0.3 is 0 Å². The van der Waals surface area contributed by atoms with Crippen LogP contribution >= 0.6 is 0 Å². The van der Waals surface area contributed by atoms with Crippen molar-refractivity contribution in [1.82, 2.24) is 0 Å². The summed E-state index contributed by atoms with van der Waals surface area (Å²) in [6.07, 6.45) is 3.90. The Morgan fingerprint density at radius 3 is 2.33 bits per heavy atom. The molecule has 2 nitrogen and oxygen atoms in total. The molecule has 1 saturated carbocycles. The summed E-state index contributed by atoms with van der Waals surface area (Å²) >= 11 is 0. The summed E-state index contributed by atoms with van der Waals surface area (Å²) in [5.41, 5.74) is 9.01. The summed E-state index contributed by atoms with van der Waals surface area (Å²) in [6.45, 7) is 3.30. The Hall–Kier alpha value is -1.02. The van der Waals surface area contributed by atoms with E-state index in [4.69, 9.17) is 5.73 Å². The van der Waals surface area contributed by atoms with Gasteiger partial charge in [-0.3, -0.25) is 0 Å². The van der Waals surface area contributed by atoms with Crippen LogP contribution in [-0.2, 0) is 6.42 Å². The molecular weight excluding hydrogens is 184 g/mol. The van der Waals surface area contributed by atoms with Gasteiger partial charge in [0.05, 0.1) is 0 Å². The van der Waals surface area contributed by atoms with Crippen molar-refractivity contribution < 1.29 is 0 Å². The zero-order valence-electron chi connectivity index (χ0n) is 9.08. The molecule has 0 atom stereocenters. The van der Waals surface area contributed by atoms with Crippen LogP contribution < -0.4 is 10.6 Å². The average molecular weight is 202 g/mol. The minimum absolute atomic E-state index is 0.742. The fraction of sp³-hybridized carbons (Fsp3) is 0.538. The number of nitrogens with two attached hydrogens (primary N) is 1. The number of anilines is 1. The van der Waals surface area contributed by atoms with Gasteiger partial charge in [0.2, 0.25) is 0 Å². The van der Waals surface area contributed by atoms with Crippen molar-refractivity contribution in [2.75, 3.05) is 24.5 Å². The first-order chi connectivity index (χ1) is 7.31. The zero-order chi connectivity index (χ0) is 10.3. The van der Waals surface area contributed by atoms with Gasteiger partial charge in [0, 0.05) is 24.2 Å². The van der Waals surface area contributed by atoms with E-state index in [9.17, 15) is 0 Å². The lowest BCUT2D eigenvalue weighted by atomic mass is 9.96. The molecule has 1 aromatic rings. The molecule has 1 saturated heterocycles. The van der Waals surface area contributed by atoms with Crippen LogP contribution in [-0.4, -0.2) is 19.6 Å². The summed E-state index contributed by atoms with van der Waals surface area (Å²) in [7, 11) is 0. The van der Waals surface area contributed by atoms with E-state index >= 15 is 0 Å². The number of benzene rings is 1. The fourth-order valence-electron chi connectivity index (χ4n) is 2.48. The second-order valence-electron chi connectivity index (χ2n) is 5.06. The maximum atomic E-state index is 5.53. The Morgan fingerprint density at radius 2 is 1.80 bits per heavy atom. The van der Waals surface area contributed by atoms with Crippen molar-refractivity contribution in [3.8, 4) is 0 Å². The fourth-order valence-corrected chi connectivity index (χ4v) is 2.48. The maximum Gasteiger partial charge on any atom is 0.0366 e. The predicted molar refractivity (Wildman–Crippen MR) is 63.1 cm³/mol. The van der Waals surface area contributed by atoms with Gasteiger partial charge in [0.25, 0.3) is 0 Å². The van der Waals surface area contributed by atoms with Gasteiger partial charge in [0.15, 0.2) is 0 Å². The zero-order valence-corrected chi connectivity index (χ0v) is 9.08. The number of hydrogen-bond donors (Lipinski definition) is 1.